The summed E-state index contributed by atoms with van der Waals surface area (Å²) < 4.78 is 49.4. The molecule has 2 spiro atoms. The Labute approximate surface area is 385 Å². The summed E-state index contributed by atoms with van der Waals surface area (Å²) in [5.41, 5.74) is -2.74. The molecule has 378 valence electrons. The molecule has 0 aromatic rings. The summed E-state index contributed by atoms with van der Waals surface area (Å²) in [4.78, 5) is 12.1. The molecule has 9 aliphatic rings. The second kappa shape index (κ2) is 17.2. The standard InChI is InChI=1S/C47H76O19/c1-20(49)62-37-32(54)24(52)18-61-41(37)65-28-8-9-47-19-46(47)11-10-44(6)30(21-12-29(59-16-21)43(4,5)66-40-36(58)34(56)33(55)26(15-48)64-40)22(50)14-45(44,7)27(46)13-25(38(47)42(28,2)3)63-39-35(57)31(53)23(51)17-60-39/h21-41,48,50-58H,8-19H2,1-7H3/t21-,22-,23+,24+,25-,26+,27-,28-,29-,30-,31-,32-,33+,34-,35+,36+,37+,38-,39-,40-,41-,44+,45-,46+,47+/m0/s1. The van der Waals surface area contributed by atoms with Gasteiger partial charge in [-0.05, 0) is 116 Å². The number of hydrogen-bond acceptors (Lipinski definition) is 19. The van der Waals surface area contributed by atoms with Gasteiger partial charge in [-0.25, -0.2) is 0 Å². The van der Waals surface area contributed by atoms with Gasteiger partial charge in [0.2, 0.25) is 0 Å². The molecule has 4 heterocycles. The van der Waals surface area contributed by atoms with E-state index in [2.05, 4.69) is 27.7 Å². The zero-order valence-electron chi connectivity index (χ0n) is 39.3. The molecule has 0 unspecified atom stereocenters. The van der Waals surface area contributed by atoms with Crippen LogP contribution in [-0.4, -0.2) is 193 Å². The number of aliphatic hydroxyl groups excluding tert-OH is 10. The monoisotopic (exact) mass is 944 g/mol. The van der Waals surface area contributed by atoms with Crippen molar-refractivity contribution < 1.29 is 93.8 Å². The molecule has 19 heteroatoms. The summed E-state index contributed by atoms with van der Waals surface area (Å²) in [6.45, 7) is 13.1. The number of esters is 1. The van der Waals surface area contributed by atoms with Crippen molar-refractivity contribution in [3.8, 4) is 0 Å². The molecule has 0 amide bonds. The number of carbonyl (C=O) groups excluding carboxylic acids is 1. The summed E-state index contributed by atoms with van der Waals surface area (Å²) in [7, 11) is 0. The third kappa shape index (κ3) is 7.50. The smallest absolute Gasteiger partial charge is 0.303 e. The molecular formula is C47H76O19. The van der Waals surface area contributed by atoms with E-state index in [1.807, 2.05) is 13.8 Å². The summed E-state index contributed by atoms with van der Waals surface area (Å²) in [5, 5.41) is 107. The quantitative estimate of drug-likeness (QED) is 0.0950. The van der Waals surface area contributed by atoms with Crippen LogP contribution in [0.1, 0.15) is 99.8 Å². The van der Waals surface area contributed by atoms with Gasteiger partial charge in [0.1, 0.15) is 54.9 Å². The van der Waals surface area contributed by atoms with Crippen LogP contribution in [0, 0.1) is 50.7 Å². The third-order valence-corrected chi connectivity index (χ3v) is 19.4. The first-order chi connectivity index (χ1) is 30.9. The van der Waals surface area contributed by atoms with E-state index in [1.54, 1.807) is 0 Å². The largest absolute Gasteiger partial charge is 0.454 e. The summed E-state index contributed by atoms with van der Waals surface area (Å²) in [6.07, 6.45) is -14.1. The molecule has 9 rings (SSSR count). The van der Waals surface area contributed by atoms with E-state index in [9.17, 15) is 55.9 Å². The van der Waals surface area contributed by atoms with E-state index in [1.165, 1.54) is 6.92 Å². The Morgan fingerprint density at radius 2 is 1.36 bits per heavy atom. The predicted octanol–water partition coefficient (Wildman–Crippen LogP) is -0.774. The van der Waals surface area contributed by atoms with Gasteiger partial charge in [0.15, 0.2) is 25.0 Å². The van der Waals surface area contributed by atoms with Gasteiger partial charge in [0, 0.05) is 6.92 Å². The van der Waals surface area contributed by atoms with Crippen molar-refractivity contribution in [2.45, 2.75) is 210 Å². The Bertz CT molecular complexity index is 1780. The minimum absolute atomic E-state index is 0.0530. The van der Waals surface area contributed by atoms with Crippen LogP contribution >= 0.6 is 0 Å². The molecule has 25 atom stereocenters. The van der Waals surface area contributed by atoms with E-state index in [-0.39, 0.29) is 58.5 Å². The number of rotatable bonds is 10. The molecule has 0 bridgehead atoms. The minimum Gasteiger partial charge on any atom is -0.454 e. The van der Waals surface area contributed by atoms with Crippen LogP contribution in [0.15, 0.2) is 0 Å². The SMILES string of the molecule is CC(=O)O[C@H]1[C@H](O[C@H]2CC[C@]34C[C@@]35CC[C@]3(C)[C@@H]([C@@H]6CO[C@H](C(C)(C)O[C@@H]7O[C@H](CO)[C@@H](O)[C@H](O)[C@H]7O)C6)[C@@H](O)C[C@@]3(C)[C@@H]5C[C@H](O[C@@H]3OC[C@@H](O)[C@H](O)[C@H]3O)[C@H]4C2(C)C)OC[C@@H](O)[C@@H]1O. The first-order valence-electron chi connectivity index (χ1n) is 24.3. The molecule has 5 saturated carbocycles. The predicted molar refractivity (Wildman–Crippen MR) is 225 cm³/mol. The van der Waals surface area contributed by atoms with E-state index < -0.39 is 128 Å². The topological polar surface area (TPSA) is 293 Å². The maximum absolute atomic E-state index is 12.4. The van der Waals surface area contributed by atoms with Crippen molar-refractivity contribution in [2.75, 3.05) is 26.4 Å². The molecule has 0 aromatic carbocycles. The lowest BCUT2D eigenvalue weighted by molar-refractivity contribution is -0.331. The second-order valence-corrected chi connectivity index (χ2v) is 23.4. The number of ether oxygens (including phenoxy) is 8. The van der Waals surface area contributed by atoms with Gasteiger partial charge in [0.25, 0.3) is 0 Å². The molecular weight excluding hydrogens is 868 g/mol. The Kier molecular flexibility index (Phi) is 13.0. The lowest BCUT2D eigenvalue weighted by Crippen LogP contribution is -2.64. The van der Waals surface area contributed by atoms with Crippen LogP contribution in [-0.2, 0) is 42.7 Å². The first kappa shape index (κ1) is 49.8. The Morgan fingerprint density at radius 1 is 0.697 bits per heavy atom. The second-order valence-electron chi connectivity index (χ2n) is 23.4. The van der Waals surface area contributed by atoms with Crippen molar-refractivity contribution >= 4 is 5.97 Å². The maximum atomic E-state index is 12.4. The van der Waals surface area contributed by atoms with E-state index in [0.29, 0.717) is 32.3 Å². The van der Waals surface area contributed by atoms with Gasteiger partial charge in [0.05, 0.1) is 56.4 Å². The van der Waals surface area contributed by atoms with Gasteiger partial charge in [-0.2, -0.15) is 0 Å². The number of carbonyl (C=O) groups is 1. The zero-order valence-corrected chi connectivity index (χ0v) is 39.3. The molecule has 9 fully saturated rings. The van der Waals surface area contributed by atoms with Gasteiger partial charge in [-0.1, -0.05) is 27.7 Å². The Hall–Kier alpha value is -1.21. The highest BCUT2D eigenvalue weighted by Gasteiger charge is 2.85. The fourth-order valence-electron chi connectivity index (χ4n) is 16.0. The van der Waals surface area contributed by atoms with Crippen molar-refractivity contribution in [3.63, 3.8) is 0 Å². The van der Waals surface area contributed by atoms with Crippen LogP contribution < -0.4 is 0 Å². The van der Waals surface area contributed by atoms with E-state index >= 15 is 0 Å². The highest BCUT2D eigenvalue weighted by atomic mass is 16.7. The Balaban J connectivity index is 0.983. The van der Waals surface area contributed by atoms with Crippen molar-refractivity contribution in [1.29, 1.82) is 0 Å². The van der Waals surface area contributed by atoms with Crippen LogP contribution in [0.3, 0.4) is 0 Å². The number of hydrogen-bond donors (Lipinski definition) is 10. The average Bonchev–Trinajstić information content (AvgIpc) is 3.50. The lowest BCUT2D eigenvalue weighted by atomic mass is 9.41. The number of fused-ring (bicyclic) bond motifs is 2. The normalized spacial score (nSPS) is 55.6. The zero-order chi connectivity index (χ0) is 47.8. The van der Waals surface area contributed by atoms with Gasteiger partial charge in [-0.15, -0.1) is 0 Å². The molecule has 4 saturated heterocycles. The van der Waals surface area contributed by atoms with Gasteiger partial charge in [-0.3, -0.25) is 4.79 Å². The molecule has 5 aliphatic carbocycles. The fraction of sp³-hybridized carbons (Fsp3) is 0.979. The third-order valence-electron chi connectivity index (χ3n) is 19.4. The van der Waals surface area contributed by atoms with Crippen LogP contribution in [0.25, 0.3) is 0 Å². The summed E-state index contributed by atoms with van der Waals surface area (Å²) in [5.74, 6) is -0.946. The highest BCUT2D eigenvalue weighted by molar-refractivity contribution is 5.66. The molecule has 0 radical (unpaired) electrons. The lowest BCUT2D eigenvalue weighted by Gasteiger charge is -2.65. The molecule has 66 heavy (non-hydrogen) atoms. The van der Waals surface area contributed by atoms with Crippen molar-refractivity contribution in [2.24, 2.45) is 50.7 Å². The van der Waals surface area contributed by atoms with Crippen molar-refractivity contribution in [3.05, 3.63) is 0 Å². The van der Waals surface area contributed by atoms with Gasteiger partial charge < -0.3 is 89.0 Å². The Morgan fingerprint density at radius 3 is 2.05 bits per heavy atom. The summed E-state index contributed by atoms with van der Waals surface area (Å²) in [6, 6.07) is 0. The molecule has 10 N–H and O–H groups in total. The van der Waals surface area contributed by atoms with E-state index in [0.717, 1.165) is 25.7 Å². The molecule has 0 aromatic heterocycles. The number of aliphatic hydroxyl groups is 10. The van der Waals surface area contributed by atoms with Crippen LogP contribution in [0.2, 0.25) is 0 Å². The van der Waals surface area contributed by atoms with Crippen molar-refractivity contribution in [1.82, 2.24) is 0 Å². The van der Waals surface area contributed by atoms with E-state index in [4.69, 9.17) is 37.9 Å². The molecule has 4 aliphatic heterocycles. The average molecular weight is 945 g/mol. The maximum Gasteiger partial charge on any atom is 0.303 e. The molecule has 19 nitrogen and oxygen atoms in total. The fourth-order valence-corrected chi connectivity index (χ4v) is 16.0. The summed E-state index contributed by atoms with van der Waals surface area (Å²) >= 11 is 0. The first-order valence-corrected chi connectivity index (χ1v) is 24.3. The van der Waals surface area contributed by atoms with Crippen LogP contribution in [0.5, 0.6) is 0 Å². The van der Waals surface area contributed by atoms with Gasteiger partial charge >= 0.3 is 5.97 Å². The van der Waals surface area contributed by atoms with Crippen LogP contribution in [0.4, 0.5) is 0 Å². The highest BCUT2D eigenvalue weighted by Crippen LogP contribution is 2.89. The minimum atomic E-state index is -1.59.